The van der Waals surface area contributed by atoms with Gasteiger partial charge in [0.2, 0.25) is 0 Å². The second-order valence-electron chi connectivity index (χ2n) is 6.35. The van der Waals surface area contributed by atoms with Crippen LogP contribution in [0.25, 0.3) is 0 Å². The molecule has 0 radical (unpaired) electrons. The van der Waals surface area contributed by atoms with Crippen LogP contribution in [0, 0.1) is 6.92 Å². The first-order chi connectivity index (χ1) is 9.65. The summed E-state index contributed by atoms with van der Waals surface area (Å²) in [6.07, 6.45) is 14.3. The van der Waals surface area contributed by atoms with Gasteiger partial charge in [-0.05, 0) is 0 Å². The van der Waals surface area contributed by atoms with Gasteiger partial charge in [0.25, 0.3) is 0 Å². The fourth-order valence-corrected chi connectivity index (χ4v) is 9.47. The van der Waals surface area contributed by atoms with Crippen molar-refractivity contribution in [2.75, 3.05) is 18.5 Å². The van der Waals surface area contributed by atoms with Crippen molar-refractivity contribution >= 4 is 18.6 Å². The standard InChI is InChI=1S/C17H34NPS/c1-5-8-11-19(12-9-6-2,13-10-7-3)14-17-15-20-16(4)18-17/h15,19H,5-14H2,1-4H3. The van der Waals surface area contributed by atoms with Gasteiger partial charge < -0.3 is 0 Å². The average Bonchev–Trinajstić information content (AvgIpc) is 2.85. The Balaban J connectivity index is 2.80. The maximum atomic E-state index is 4.77. The van der Waals surface area contributed by atoms with Gasteiger partial charge in [0, 0.05) is 0 Å². The van der Waals surface area contributed by atoms with Crippen LogP contribution < -0.4 is 0 Å². The summed E-state index contributed by atoms with van der Waals surface area (Å²) in [5.41, 5.74) is 1.41. The second kappa shape index (κ2) is 9.90. The number of nitrogens with zero attached hydrogens (tertiary/aromatic N) is 1. The first-order valence-corrected chi connectivity index (χ1v) is 12.3. The molecule has 1 nitrogen and oxygen atoms in total. The molecule has 0 saturated carbocycles. The van der Waals surface area contributed by atoms with Crippen LogP contribution in [-0.2, 0) is 6.16 Å². The molecule has 0 fully saturated rings. The summed E-state index contributed by atoms with van der Waals surface area (Å²) in [7, 11) is -1.14. The topological polar surface area (TPSA) is 12.9 Å². The van der Waals surface area contributed by atoms with Gasteiger partial charge in [0.05, 0.1) is 0 Å². The molecule has 1 heterocycles. The van der Waals surface area contributed by atoms with E-state index in [0.717, 1.165) is 0 Å². The third-order valence-corrected chi connectivity index (χ3v) is 10.6. The van der Waals surface area contributed by atoms with Crippen LogP contribution in [0.1, 0.15) is 70.0 Å². The van der Waals surface area contributed by atoms with Crippen molar-refractivity contribution in [3.8, 4) is 0 Å². The van der Waals surface area contributed by atoms with Gasteiger partial charge in [-0.15, -0.1) is 0 Å². The molecule has 0 aromatic carbocycles. The summed E-state index contributed by atoms with van der Waals surface area (Å²) in [5.74, 6) is 0. The van der Waals surface area contributed by atoms with Gasteiger partial charge in [-0.25, -0.2) is 0 Å². The fraction of sp³-hybridized carbons (Fsp3) is 0.824. The Hall–Kier alpha value is 0.0600. The van der Waals surface area contributed by atoms with E-state index in [2.05, 4.69) is 33.1 Å². The van der Waals surface area contributed by atoms with Crippen molar-refractivity contribution in [2.45, 2.75) is 72.4 Å². The summed E-state index contributed by atoms with van der Waals surface area (Å²) >= 11 is 1.83. The Morgan fingerprint density at radius 3 is 1.80 bits per heavy atom. The van der Waals surface area contributed by atoms with Crippen LogP contribution in [0.2, 0.25) is 0 Å². The van der Waals surface area contributed by atoms with Crippen LogP contribution in [-0.4, -0.2) is 23.5 Å². The van der Waals surface area contributed by atoms with Crippen molar-refractivity contribution in [1.82, 2.24) is 4.98 Å². The molecule has 0 aliphatic rings. The van der Waals surface area contributed by atoms with E-state index in [1.807, 2.05) is 11.3 Å². The molecule has 0 aliphatic carbocycles. The third-order valence-electron chi connectivity index (χ3n) is 4.40. The molecule has 118 valence electrons. The van der Waals surface area contributed by atoms with Gasteiger partial charge in [-0.3, -0.25) is 0 Å². The molecule has 0 amide bonds. The summed E-state index contributed by atoms with van der Waals surface area (Å²) in [6.45, 7) is 9.16. The van der Waals surface area contributed by atoms with Gasteiger partial charge in [0.15, 0.2) is 0 Å². The van der Waals surface area contributed by atoms with E-state index >= 15 is 0 Å². The molecule has 1 aromatic rings. The van der Waals surface area contributed by atoms with Crippen molar-refractivity contribution in [3.05, 3.63) is 16.1 Å². The molecule has 0 unspecified atom stereocenters. The van der Waals surface area contributed by atoms with Gasteiger partial charge in [-0.2, -0.15) is 0 Å². The normalized spacial score (nSPS) is 12.8. The number of aromatic nitrogens is 1. The van der Waals surface area contributed by atoms with Crippen molar-refractivity contribution < 1.29 is 0 Å². The molecule has 20 heavy (non-hydrogen) atoms. The Morgan fingerprint density at radius 1 is 0.950 bits per heavy atom. The van der Waals surface area contributed by atoms with E-state index in [1.54, 1.807) is 0 Å². The molecular weight excluding hydrogens is 281 g/mol. The Morgan fingerprint density at radius 2 is 1.45 bits per heavy atom. The first kappa shape index (κ1) is 18.1. The van der Waals surface area contributed by atoms with E-state index < -0.39 is 7.26 Å². The third kappa shape index (κ3) is 6.22. The molecule has 3 heteroatoms. The monoisotopic (exact) mass is 315 g/mol. The number of hydrogen-bond donors (Lipinski definition) is 0. The number of hydrogen-bond acceptors (Lipinski definition) is 2. The predicted molar refractivity (Wildman–Crippen MR) is 98.2 cm³/mol. The van der Waals surface area contributed by atoms with Crippen LogP contribution in [0.4, 0.5) is 0 Å². The maximum absolute atomic E-state index is 4.77. The fourth-order valence-electron chi connectivity index (χ4n) is 3.17. The number of unbranched alkanes of at least 4 members (excludes halogenated alkanes) is 3. The second-order valence-corrected chi connectivity index (χ2v) is 12.3. The zero-order valence-electron chi connectivity index (χ0n) is 14.0. The molecule has 0 aliphatic heterocycles. The number of rotatable bonds is 11. The van der Waals surface area contributed by atoms with Crippen LogP contribution >= 0.6 is 18.6 Å². The summed E-state index contributed by atoms with van der Waals surface area (Å²) in [6, 6.07) is 0. The Labute approximate surface area is 130 Å². The van der Waals surface area contributed by atoms with Crippen molar-refractivity contribution in [1.29, 1.82) is 0 Å². The molecule has 1 aromatic heterocycles. The molecule has 1 rings (SSSR count). The van der Waals surface area contributed by atoms with Crippen LogP contribution in [0.5, 0.6) is 0 Å². The minimum atomic E-state index is -1.14. The zero-order valence-corrected chi connectivity index (χ0v) is 15.8. The zero-order chi connectivity index (χ0) is 14.8. The van der Waals surface area contributed by atoms with E-state index in [9.17, 15) is 0 Å². The summed E-state index contributed by atoms with van der Waals surface area (Å²) in [4.78, 5) is 4.77. The molecule has 0 saturated heterocycles. The van der Waals surface area contributed by atoms with Gasteiger partial charge in [0.1, 0.15) is 0 Å². The van der Waals surface area contributed by atoms with Gasteiger partial charge in [-0.1, -0.05) is 0 Å². The average molecular weight is 316 g/mol. The van der Waals surface area contributed by atoms with E-state index in [-0.39, 0.29) is 0 Å². The van der Waals surface area contributed by atoms with Gasteiger partial charge >= 0.3 is 131 Å². The van der Waals surface area contributed by atoms with E-state index in [4.69, 9.17) is 4.98 Å². The molecule has 0 atom stereocenters. The molecule has 0 spiro atoms. The quantitative estimate of drug-likeness (QED) is 0.449. The molecule has 0 bridgehead atoms. The number of aryl methyl sites for hydroxylation is 1. The SMILES string of the molecule is CCCC[PH](CCCC)(CCCC)Cc1csc(C)n1. The Bertz CT molecular complexity index is 340. The van der Waals surface area contributed by atoms with Crippen molar-refractivity contribution in [3.63, 3.8) is 0 Å². The first-order valence-electron chi connectivity index (χ1n) is 8.56. The van der Waals surface area contributed by atoms with E-state index in [0.29, 0.717) is 0 Å². The molecule has 0 N–H and O–H groups in total. The summed E-state index contributed by atoms with van der Waals surface area (Å²) in [5, 5.41) is 3.56. The van der Waals surface area contributed by atoms with E-state index in [1.165, 1.54) is 73.9 Å². The van der Waals surface area contributed by atoms with Crippen LogP contribution in [0.15, 0.2) is 5.38 Å². The molecular formula is C17H34NPS. The summed E-state index contributed by atoms with van der Waals surface area (Å²) < 4.78 is 0. The minimum absolute atomic E-state index is 1.14. The van der Waals surface area contributed by atoms with Crippen LogP contribution in [0.3, 0.4) is 0 Å². The predicted octanol–water partition coefficient (Wildman–Crippen LogP) is 6.10. The Kier molecular flexibility index (Phi) is 8.96. The van der Waals surface area contributed by atoms with Crippen molar-refractivity contribution in [2.24, 2.45) is 0 Å². The number of thiazole rings is 1.